The molecule has 11 heteroatoms. The van der Waals surface area contributed by atoms with Crippen molar-refractivity contribution in [1.29, 1.82) is 0 Å². The number of phenolic OH excluding ortho intramolecular Hbond substituents is 1. The van der Waals surface area contributed by atoms with Crippen LogP contribution in [-0.2, 0) is 14.4 Å². The molecule has 0 spiro atoms. The van der Waals surface area contributed by atoms with E-state index in [0.717, 1.165) is 11.8 Å². The van der Waals surface area contributed by atoms with Gasteiger partial charge < -0.3 is 25.0 Å². The summed E-state index contributed by atoms with van der Waals surface area (Å²) in [4.78, 5) is 36.7. The van der Waals surface area contributed by atoms with Crippen LogP contribution < -0.4 is 14.8 Å². The molecule has 30 heavy (non-hydrogen) atoms. The Hall–Kier alpha value is -2.79. The van der Waals surface area contributed by atoms with Gasteiger partial charge in [0.05, 0.1) is 25.5 Å². The van der Waals surface area contributed by atoms with Crippen molar-refractivity contribution in [3.05, 3.63) is 22.6 Å². The number of hydrogen-bond donors (Lipinski definition) is 3. The van der Waals surface area contributed by atoms with Crippen molar-refractivity contribution in [3.8, 4) is 17.2 Å². The first-order valence-electron chi connectivity index (χ1n) is 8.95. The van der Waals surface area contributed by atoms with Gasteiger partial charge in [0, 0.05) is 19.5 Å². The molecule has 1 heterocycles. The Morgan fingerprint density at radius 1 is 1.23 bits per heavy atom. The number of thioether (sulfide) groups is 1. The van der Waals surface area contributed by atoms with Crippen molar-refractivity contribution >= 4 is 52.2 Å². The lowest BCUT2D eigenvalue weighted by Gasteiger charge is -2.14. The molecule has 0 aliphatic carbocycles. The van der Waals surface area contributed by atoms with Crippen molar-refractivity contribution in [2.45, 2.75) is 19.3 Å². The van der Waals surface area contributed by atoms with Crippen LogP contribution in [-0.4, -0.2) is 64.5 Å². The van der Waals surface area contributed by atoms with Crippen molar-refractivity contribution in [2.24, 2.45) is 0 Å². The van der Waals surface area contributed by atoms with Crippen LogP contribution in [0, 0.1) is 0 Å². The quantitative estimate of drug-likeness (QED) is 0.359. The summed E-state index contributed by atoms with van der Waals surface area (Å²) in [6.07, 6.45) is 2.03. The van der Waals surface area contributed by atoms with Gasteiger partial charge in [0.2, 0.25) is 11.7 Å². The Balaban J connectivity index is 1.99. The molecular weight excluding hydrogens is 432 g/mol. The highest BCUT2D eigenvalue weighted by Crippen LogP contribution is 2.39. The maximum absolute atomic E-state index is 12.7. The van der Waals surface area contributed by atoms with Crippen molar-refractivity contribution in [2.75, 3.05) is 27.3 Å². The van der Waals surface area contributed by atoms with Crippen LogP contribution in [0.1, 0.15) is 24.8 Å². The van der Waals surface area contributed by atoms with Gasteiger partial charge in [0.1, 0.15) is 4.32 Å². The van der Waals surface area contributed by atoms with Gasteiger partial charge in [-0.3, -0.25) is 19.3 Å². The SMILES string of the molecule is COc1cc(/C=C2\SC(=S)N(CCCC(=O)NCCC(=O)O)C2=O)cc(OC)c1O. The van der Waals surface area contributed by atoms with Crippen LogP contribution >= 0.6 is 24.0 Å². The van der Waals surface area contributed by atoms with E-state index in [2.05, 4.69) is 5.32 Å². The summed E-state index contributed by atoms with van der Waals surface area (Å²) in [5.74, 6) is -1.24. The predicted octanol–water partition coefficient (Wildman–Crippen LogP) is 1.98. The molecule has 1 aromatic carbocycles. The van der Waals surface area contributed by atoms with E-state index >= 15 is 0 Å². The Kier molecular flexibility index (Phi) is 8.48. The molecule has 0 aromatic heterocycles. The standard InChI is InChI=1S/C19H22N2O7S2/c1-27-12-8-11(9-13(28-2)17(12)25)10-14-18(26)21(19(29)30-14)7-3-4-15(22)20-6-5-16(23)24/h8-10,25H,3-7H2,1-2H3,(H,20,22)(H,23,24)/b14-10-. The summed E-state index contributed by atoms with van der Waals surface area (Å²) in [6, 6.07) is 3.15. The number of nitrogens with zero attached hydrogens (tertiary/aromatic N) is 1. The third-order valence-corrected chi connectivity index (χ3v) is 5.50. The highest BCUT2D eigenvalue weighted by molar-refractivity contribution is 8.26. The number of amides is 2. The summed E-state index contributed by atoms with van der Waals surface area (Å²) < 4.78 is 10.6. The number of carbonyl (C=O) groups is 3. The number of rotatable bonds is 10. The molecule has 1 aliphatic heterocycles. The lowest BCUT2D eigenvalue weighted by Crippen LogP contribution is -2.31. The highest BCUT2D eigenvalue weighted by Gasteiger charge is 2.31. The monoisotopic (exact) mass is 454 g/mol. The van der Waals surface area contributed by atoms with Crippen molar-refractivity contribution < 1.29 is 34.1 Å². The first-order valence-corrected chi connectivity index (χ1v) is 10.2. The third kappa shape index (κ3) is 6.10. The zero-order chi connectivity index (χ0) is 22.3. The number of nitrogens with one attached hydrogen (secondary N) is 1. The molecule has 2 rings (SSSR count). The van der Waals surface area contributed by atoms with E-state index in [1.807, 2.05) is 0 Å². The molecule has 1 fully saturated rings. The number of aromatic hydroxyl groups is 1. The van der Waals surface area contributed by atoms with Crippen LogP contribution in [0.25, 0.3) is 6.08 Å². The molecule has 3 N–H and O–H groups in total. The minimum atomic E-state index is -0.983. The molecule has 1 saturated heterocycles. The van der Waals surface area contributed by atoms with Gasteiger partial charge in [-0.15, -0.1) is 0 Å². The number of aliphatic carboxylic acids is 1. The largest absolute Gasteiger partial charge is 0.502 e. The summed E-state index contributed by atoms with van der Waals surface area (Å²) in [7, 11) is 2.82. The van der Waals surface area contributed by atoms with Crippen molar-refractivity contribution in [1.82, 2.24) is 10.2 Å². The van der Waals surface area contributed by atoms with Crippen molar-refractivity contribution in [3.63, 3.8) is 0 Å². The fraction of sp³-hybridized carbons (Fsp3) is 0.368. The molecule has 162 valence electrons. The van der Waals surface area contributed by atoms with E-state index in [0.29, 0.717) is 21.2 Å². The average Bonchev–Trinajstić information content (AvgIpc) is 2.96. The molecule has 1 aromatic rings. The molecule has 9 nitrogen and oxygen atoms in total. The fourth-order valence-electron chi connectivity index (χ4n) is 2.64. The number of benzene rings is 1. The zero-order valence-corrected chi connectivity index (χ0v) is 18.1. The number of carboxylic acids is 1. The van der Waals surface area contributed by atoms with E-state index in [4.69, 9.17) is 26.8 Å². The molecular formula is C19H22N2O7S2. The maximum atomic E-state index is 12.7. The summed E-state index contributed by atoms with van der Waals surface area (Å²) in [6.45, 7) is 0.341. The van der Waals surface area contributed by atoms with E-state index in [9.17, 15) is 19.5 Å². The molecule has 0 radical (unpaired) electrons. The Morgan fingerprint density at radius 3 is 2.43 bits per heavy atom. The van der Waals surface area contributed by atoms with Gasteiger partial charge in [-0.25, -0.2) is 0 Å². The highest BCUT2D eigenvalue weighted by atomic mass is 32.2. The third-order valence-electron chi connectivity index (χ3n) is 4.12. The molecule has 2 amide bonds. The number of ether oxygens (including phenoxy) is 2. The van der Waals surface area contributed by atoms with Gasteiger partial charge in [-0.1, -0.05) is 24.0 Å². The maximum Gasteiger partial charge on any atom is 0.305 e. The topological polar surface area (TPSA) is 125 Å². The average molecular weight is 455 g/mol. The lowest BCUT2D eigenvalue weighted by atomic mass is 10.1. The van der Waals surface area contributed by atoms with Crippen LogP contribution in [0.2, 0.25) is 0 Å². The van der Waals surface area contributed by atoms with Crippen LogP contribution in [0.3, 0.4) is 0 Å². The van der Waals surface area contributed by atoms with E-state index in [-0.39, 0.29) is 55.0 Å². The van der Waals surface area contributed by atoms with Crippen LogP contribution in [0.15, 0.2) is 17.0 Å². The summed E-state index contributed by atoms with van der Waals surface area (Å²) in [5, 5.41) is 21.1. The zero-order valence-electron chi connectivity index (χ0n) is 16.5. The van der Waals surface area contributed by atoms with E-state index in [1.165, 1.54) is 19.1 Å². The first-order chi connectivity index (χ1) is 14.3. The molecule has 0 atom stereocenters. The summed E-state index contributed by atoms with van der Waals surface area (Å²) in [5.41, 5.74) is 0.597. The number of hydrogen-bond acceptors (Lipinski definition) is 8. The Bertz CT molecular complexity index is 861. The molecule has 0 unspecified atom stereocenters. The number of methoxy groups -OCH3 is 2. The van der Waals surface area contributed by atoms with E-state index < -0.39 is 5.97 Å². The van der Waals surface area contributed by atoms with Gasteiger partial charge in [-0.2, -0.15) is 0 Å². The second-order valence-corrected chi connectivity index (χ2v) is 7.88. The van der Waals surface area contributed by atoms with Gasteiger partial charge in [0.25, 0.3) is 5.91 Å². The molecule has 0 bridgehead atoms. The smallest absolute Gasteiger partial charge is 0.305 e. The number of carbonyl (C=O) groups excluding carboxylic acids is 2. The predicted molar refractivity (Wildman–Crippen MR) is 116 cm³/mol. The lowest BCUT2D eigenvalue weighted by molar-refractivity contribution is -0.137. The molecule has 1 aliphatic rings. The van der Waals surface area contributed by atoms with Crippen LogP contribution in [0.4, 0.5) is 0 Å². The second-order valence-electron chi connectivity index (χ2n) is 6.20. The normalized spacial score (nSPS) is 14.9. The fourth-order valence-corrected chi connectivity index (χ4v) is 3.94. The van der Waals surface area contributed by atoms with Gasteiger partial charge >= 0.3 is 5.97 Å². The van der Waals surface area contributed by atoms with E-state index in [1.54, 1.807) is 18.2 Å². The number of thiocarbonyl (C=S) groups is 1. The van der Waals surface area contributed by atoms with Gasteiger partial charge in [0.15, 0.2) is 11.5 Å². The van der Waals surface area contributed by atoms with Crippen LogP contribution in [0.5, 0.6) is 17.2 Å². The summed E-state index contributed by atoms with van der Waals surface area (Å²) >= 11 is 6.42. The minimum absolute atomic E-state index is 0.0670. The first kappa shape index (κ1) is 23.5. The number of carboxylic acid groups (broad SMARTS) is 1. The Labute approximate surface area is 183 Å². The van der Waals surface area contributed by atoms with Gasteiger partial charge in [-0.05, 0) is 30.2 Å². The number of phenols is 1. The Morgan fingerprint density at radius 2 is 1.87 bits per heavy atom. The second kappa shape index (κ2) is 10.8. The molecule has 0 saturated carbocycles. The minimum Gasteiger partial charge on any atom is -0.502 e.